The standard InChI is InChI=1S/C17H14IN3O2S/c1-11-5-4-6-12(9-11)16-20-21-17(23-16)24-10-15(22)19-14-8-3-2-7-13(14)18/h2-9H,10H2,1H3,(H,19,22). The third-order valence-electron chi connectivity index (χ3n) is 3.15. The van der Waals surface area contributed by atoms with Gasteiger partial charge in [0.15, 0.2) is 0 Å². The number of anilines is 1. The number of amides is 1. The van der Waals surface area contributed by atoms with E-state index in [9.17, 15) is 4.79 Å². The molecule has 0 saturated heterocycles. The van der Waals surface area contributed by atoms with Crippen molar-refractivity contribution in [3.05, 3.63) is 57.7 Å². The molecule has 5 nitrogen and oxygen atoms in total. The van der Waals surface area contributed by atoms with Crippen LogP contribution < -0.4 is 5.32 Å². The maximum atomic E-state index is 12.0. The van der Waals surface area contributed by atoms with Gasteiger partial charge >= 0.3 is 0 Å². The first-order chi connectivity index (χ1) is 11.6. The molecule has 0 atom stereocenters. The van der Waals surface area contributed by atoms with Crippen LogP contribution in [0.5, 0.6) is 0 Å². The Bertz CT molecular complexity index is 866. The zero-order chi connectivity index (χ0) is 16.9. The summed E-state index contributed by atoms with van der Waals surface area (Å²) < 4.78 is 6.60. The van der Waals surface area contributed by atoms with E-state index in [0.717, 1.165) is 20.4 Å². The fourth-order valence-electron chi connectivity index (χ4n) is 2.04. The van der Waals surface area contributed by atoms with Crippen LogP contribution in [0, 0.1) is 10.5 Å². The Balaban J connectivity index is 1.59. The van der Waals surface area contributed by atoms with E-state index in [1.54, 1.807) is 0 Å². The van der Waals surface area contributed by atoms with Gasteiger partial charge in [0, 0.05) is 9.13 Å². The van der Waals surface area contributed by atoms with E-state index in [-0.39, 0.29) is 11.7 Å². The number of carbonyl (C=O) groups excluding carboxylic acids is 1. The molecule has 1 aromatic heterocycles. The average Bonchev–Trinajstić information content (AvgIpc) is 3.04. The lowest BCUT2D eigenvalue weighted by atomic mass is 10.1. The van der Waals surface area contributed by atoms with Crippen molar-refractivity contribution in [3.8, 4) is 11.5 Å². The lowest BCUT2D eigenvalue weighted by molar-refractivity contribution is -0.113. The molecule has 0 aliphatic heterocycles. The quantitative estimate of drug-likeness (QED) is 0.461. The molecule has 0 fully saturated rings. The van der Waals surface area contributed by atoms with Crippen LogP contribution in [0.1, 0.15) is 5.56 Å². The van der Waals surface area contributed by atoms with E-state index in [0.29, 0.717) is 11.1 Å². The van der Waals surface area contributed by atoms with Crippen molar-refractivity contribution in [2.45, 2.75) is 12.1 Å². The van der Waals surface area contributed by atoms with Crippen LogP contribution in [-0.4, -0.2) is 21.9 Å². The monoisotopic (exact) mass is 451 g/mol. The van der Waals surface area contributed by atoms with Crippen molar-refractivity contribution >= 4 is 45.9 Å². The van der Waals surface area contributed by atoms with Crippen LogP contribution >= 0.6 is 34.4 Å². The number of aromatic nitrogens is 2. The second-order valence-electron chi connectivity index (χ2n) is 5.06. The Kier molecular flexibility index (Phi) is 5.52. The van der Waals surface area contributed by atoms with Gasteiger partial charge in [0.1, 0.15) is 0 Å². The number of halogens is 1. The first kappa shape index (κ1) is 17.0. The predicted molar refractivity (Wildman–Crippen MR) is 103 cm³/mol. The highest BCUT2D eigenvalue weighted by atomic mass is 127. The molecule has 7 heteroatoms. The number of carbonyl (C=O) groups is 1. The molecule has 2 aromatic carbocycles. The molecule has 0 saturated carbocycles. The first-order valence-electron chi connectivity index (χ1n) is 7.19. The Labute approximate surface area is 157 Å². The van der Waals surface area contributed by atoms with Gasteiger partial charge in [-0.05, 0) is 53.8 Å². The molecule has 1 amide bonds. The minimum Gasteiger partial charge on any atom is -0.411 e. The van der Waals surface area contributed by atoms with Crippen LogP contribution in [0.15, 0.2) is 58.2 Å². The van der Waals surface area contributed by atoms with Gasteiger partial charge in [-0.25, -0.2) is 0 Å². The molecule has 0 radical (unpaired) electrons. The van der Waals surface area contributed by atoms with Crippen molar-refractivity contribution in [3.63, 3.8) is 0 Å². The summed E-state index contributed by atoms with van der Waals surface area (Å²) in [6, 6.07) is 15.5. The molecule has 122 valence electrons. The number of thioether (sulfide) groups is 1. The van der Waals surface area contributed by atoms with Crippen molar-refractivity contribution in [1.29, 1.82) is 0 Å². The van der Waals surface area contributed by atoms with Gasteiger partial charge < -0.3 is 9.73 Å². The SMILES string of the molecule is Cc1cccc(-c2nnc(SCC(=O)Nc3ccccc3I)o2)c1. The van der Waals surface area contributed by atoms with Crippen molar-refractivity contribution in [2.24, 2.45) is 0 Å². The number of aryl methyl sites for hydroxylation is 1. The van der Waals surface area contributed by atoms with E-state index in [1.165, 1.54) is 11.8 Å². The highest BCUT2D eigenvalue weighted by Crippen LogP contribution is 2.24. The highest BCUT2D eigenvalue weighted by molar-refractivity contribution is 14.1. The van der Waals surface area contributed by atoms with Crippen LogP contribution in [0.2, 0.25) is 0 Å². The summed E-state index contributed by atoms with van der Waals surface area (Å²) >= 11 is 3.40. The van der Waals surface area contributed by atoms with Crippen LogP contribution in [0.3, 0.4) is 0 Å². The van der Waals surface area contributed by atoms with Gasteiger partial charge in [0.05, 0.1) is 11.4 Å². The molecule has 3 rings (SSSR count). The lowest BCUT2D eigenvalue weighted by Crippen LogP contribution is -2.14. The number of hydrogen-bond acceptors (Lipinski definition) is 5. The summed E-state index contributed by atoms with van der Waals surface area (Å²) in [6.07, 6.45) is 0. The van der Waals surface area contributed by atoms with Crippen molar-refractivity contribution < 1.29 is 9.21 Å². The zero-order valence-electron chi connectivity index (χ0n) is 12.8. The number of benzene rings is 2. The van der Waals surface area contributed by atoms with E-state index < -0.39 is 0 Å². The third-order valence-corrected chi connectivity index (χ3v) is 4.91. The predicted octanol–water partition coefficient (Wildman–Crippen LogP) is 4.38. The molecule has 0 spiro atoms. The lowest BCUT2D eigenvalue weighted by Gasteiger charge is -2.05. The number of nitrogens with one attached hydrogen (secondary N) is 1. The maximum absolute atomic E-state index is 12.0. The number of nitrogens with zero attached hydrogens (tertiary/aromatic N) is 2. The summed E-state index contributed by atoms with van der Waals surface area (Å²) in [4.78, 5) is 12.0. The minimum absolute atomic E-state index is 0.112. The summed E-state index contributed by atoms with van der Waals surface area (Å²) in [6.45, 7) is 2.00. The molecular formula is C17H14IN3O2S. The second-order valence-corrected chi connectivity index (χ2v) is 7.15. The maximum Gasteiger partial charge on any atom is 0.277 e. The summed E-state index contributed by atoms with van der Waals surface area (Å²) in [5.74, 6) is 0.555. The van der Waals surface area contributed by atoms with Gasteiger partial charge in [-0.3, -0.25) is 4.79 Å². The Morgan fingerprint density at radius 3 is 2.83 bits per heavy atom. The molecule has 0 aliphatic rings. The number of para-hydroxylation sites is 1. The fourth-order valence-corrected chi connectivity index (χ4v) is 3.12. The smallest absolute Gasteiger partial charge is 0.277 e. The highest BCUT2D eigenvalue weighted by Gasteiger charge is 2.12. The molecule has 0 aliphatic carbocycles. The fraction of sp³-hybridized carbons (Fsp3) is 0.118. The summed E-state index contributed by atoms with van der Waals surface area (Å²) in [5.41, 5.74) is 2.80. The number of rotatable bonds is 5. The van der Waals surface area contributed by atoms with Crippen LogP contribution in [0.4, 0.5) is 5.69 Å². The molecule has 24 heavy (non-hydrogen) atoms. The Morgan fingerprint density at radius 2 is 2.04 bits per heavy atom. The van der Waals surface area contributed by atoms with E-state index in [4.69, 9.17) is 4.42 Å². The molecular weight excluding hydrogens is 437 g/mol. The van der Waals surface area contributed by atoms with E-state index in [1.807, 2.05) is 55.5 Å². The Morgan fingerprint density at radius 1 is 1.21 bits per heavy atom. The van der Waals surface area contributed by atoms with Gasteiger partial charge in [-0.2, -0.15) is 0 Å². The van der Waals surface area contributed by atoms with Crippen LogP contribution in [-0.2, 0) is 4.79 Å². The zero-order valence-corrected chi connectivity index (χ0v) is 15.8. The van der Waals surface area contributed by atoms with Crippen molar-refractivity contribution in [1.82, 2.24) is 10.2 Å². The van der Waals surface area contributed by atoms with Crippen LogP contribution in [0.25, 0.3) is 11.5 Å². The van der Waals surface area contributed by atoms with Gasteiger partial charge in [-0.15, -0.1) is 10.2 Å². The Hall–Kier alpha value is -1.87. The summed E-state index contributed by atoms with van der Waals surface area (Å²) in [5, 5.41) is 11.3. The third kappa shape index (κ3) is 4.35. The minimum atomic E-state index is -0.112. The van der Waals surface area contributed by atoms with Gasteiger partial charge in [-0.1, -0.05) is 41.6 Å². The largest absolute Gasteiger partial charge is 0.411 e. The van der Waals surface area contributed by atoms with Gasteiger partial charge in [0.2, 0.25) is 11.8 Å². The molecule has 3 aromatic rings. The molecule has 0 bridgehead atoms. The molecule has 0 unspecified atom stereocenters. The molecule has 1 N–H and O–H groups in total. The topological polar surface area (TPSA) is 68.0 Å². The first-order valence-corrected chi connectivity index (χ1v) is 9.26. The average molecular weight is 451 g/mol. The van der Waals surface area contributed by atoms with E-state index >= 15 is 0 Å². The summed E-state index contributed by atoms with van der Waals surface area (Å²) in [7, 11) is 0. The normalized spacial score (nSPS) is 10.6. The van der Waals surface area contributed by atoms with E-state index in [2.05, 4.69) is 38.1 Å². The van der Waals surface area contributed by atoms with Gasteiger partial charge in [0.25, 0.3) is 5.22 Å². The number of hydrogen-bond donors (Lipinski definition) is 1. The van der Waals surface area contributed by atoms with Crippen molar-refractivity contribution in [2.75, 3.05) is 11.1 Å². The second kappa shape index (κ2) is 7.80. The molecule has 1 heterocycles.